The molecule has 0 spiro atoms. The van der Waals surface area contributed by atoms with Crippen LogP contribution in [0.1, 0.15) is 25.8 Å². The monoisotopic (exact) mass is 246 g/mol. The molecule has 0 heterocycles. The summed E-state index contributed by atoms with van der Waals surface area (Å²) >= 11 is 0. The molecule has 0 unspecified atom stereocenters. The standard InChI is InChI=1S/C15H18O3/c1-10-13(15(10)11(2)16)8-14(17)18-9-12-6-4-3-5-7-12/h3-7,10,13,15H,8-9H2,1-2H3/t10-,13+,15-/m1/s1. The Kier molecular flexibility index (Phi) is 3.80. The first-order valence-corrected chi connectivity index (χ1v) is 6.29. The van der Waals surface area contributed by atoms with Gasteiger partial charge in [0.15, 0.2) is 0 Å². The smallest absolute Gasteiger partial charge is 0.306 e. The van der Waals surface area contributed by atoms with Gasteiger partial charge in [-0.05, 0) is 24.3 Å². The van der Waals surface area contributed by atoms with E-state index in [9.17, 15) is 9.59 Å². The average Bonchev–Trinajstić information content (AvgIpc) is 2.98. The van der Waals surface area contributed by atoms with Crippen LogP contribution < -0.4 is 0 Å². The second-order valence-corrected chi connectivity index (χ2v) is 5.01. The fourth-order valence-corrected chi connectivity index (χ4v) is 2.52. The van der Waals surface area contributed by atoms with E-state index < -0.39 is 0 Å². The lowest BCUT2D eigenvalue weighted by atomic mass is 10.2. The second-order valence-electron chi connectivity index (χ2n) is 5.01. The highest BCUT2D eigenvalue weighted by Crippen LogP contribution is 2.48. The van der Waals surface area contributed by atoms with E-state index >= 15 is 0 Å². The molecule has 1 aromatic rings. The highest BCUT2D eigenvalue weighted by Gasteiger charge is 2.50. The number of ketones is 1. The Hall–Kier alpha value is -1.64. The molecule has 1 fully saturated rings. The molecule has 0 amide bonds. The Morgan fingerprint density at radius 3 is 2.44 bits per heavy atom. The predicted molar refractivity (Wildman–Crippen MR) is 67.7 cm³/mol. The summed E-state index contributed by atoms with van der Waals surface area (Å²) in [6.45, 7) is 3.92. The maximum absolute atomic E-state index is 11.6. The van der Waals surface area contributed by atoms with Crippen LogP contribution in [0.2, 0.25) is 0 Å². The van der Waals surface area contributed by atoms with E-state index in [-0.39, 0.29) is 23.6 Å². The number of hydrogen-bond acceptors (Lipinski definition) is 3. The Morgan fingerprint density at radius 1 is 1.22 bits per heavy atom. The number of Topliss-reactive ketones (excluding diaryl/α,β-unsaturated/α-hetero) is 1. The minimum atomic E-state index is -0.209. The summed E-state index contributed by atoms with van der Waals surface area (Å²) in [5.41, 5.74) is 0.984. The van der Waals surface area contributed by atoms with Crippen molar-refractivity contribution in [1.82, 2.24) is 0 Å². The summed E-state index contributed by atoms with van der Waals surface area (Å²) in [5, 5.41) is 0. The maximum atomic E-state index is 11.6. The molecule has 0 radical (unpaired) electrons. The molecule has 1 aliphatic carbocycles. The zero-order valence-corrected chi connectivity index (χ0v) is 10.8. The van der Waals surface area contributed by atoms with Crippen LogP contribution in [0.3, 0.4) is 0 Å². The van der Waals surface area contributed by atoms with Crippen molar-refractivity contribution >= 4 is 11.8 Å². The van der Waals surface area contributed by atoms with Crippen LogP contribution in [0.25, 0.3) is 0 Å². The summed E-state index contributed by atoms with van der Waals surface area (Å²) in [5.74, 6) is 0.551. The van der Waals surface area contributed by atoms with Gasteiger partial charge in [0.25, 0.3) is 0 Å². The summed E-state index contributed by atoms with van der Waals surface area (Å²) in [6.07, 6.45) is 0.359. The van der Waals surface area contributed by atoms with Crippen LogP contribution in [0.15, 0.2) is 30.3 Å². The molecular formula is C15H18O3. The van der Waals surface area contributed by atoms with Crippen molar-refractivity contribution in [3.05, 3.63) is 35.9 Å². The molecule has 1 aromatic carbocycles. The van der Waals surface area contributed by atoms with Gasteiger partial charge >= 0.3 is 5.97 Å². The molecule has 2 rings (SSSR count). The predicted octanol–water partition coefficient (Wildman–Crippen LogP) is 2.59. The molecule has 0 N–H and O–H groups in total. The lowest BCUT2D eigenvalue weighted by Gasteiger charge is -2.04. The molecular weight excluding hydrogens is 228 g/mol. The van der Waals surface area contributed by atoms with Crippen molar-refractivity contribution in [2.24, 2.45) is 17.8 Å². The zero-order valence-electron chi connectivity index (χ0n) is 10.8. The molecule has 1 saturated carbocycles. The molecule has 0 aliphatic heterocycles. The fraction of sp³-hybridized carbons (Fsp3) is 0.467. The number of ether oxygens (including phenoxy) is 1. The van der Waals surface area contributed by atoms with Gasteiger partial charge in [-0.25, -0.2) is 0 Å². The van der Waals surface area contributed by atoms with Gasteiger partial charge in [-0.15, -0.1) is 0 Å². The molecule has 3 heteroatoms. The molecule has 96 valence electrons. The number of hydrogen-bond donors (Lipinski definition) is 0. The van der Waals surface area contributed by atoms with Crippen molar-refractivity contribution in [1.29, 1.82) is 0 Å². The fourth-order valence-electron chi connectivity index (χ4n) is 2.52. The molecule has 1 aliphatic rings. The summed E-state index contributed by atoms with van der Waals surface area (Å²) in [7, 11) is 0. The zero-order chi connectivity index (χ0) is 13.1. The quantitative estimate of drug-likeness (QED) is 0.750. The third-order valence-corrected chi connectivity index (χ3v) is 3.68. The van der Waals surface area contributed by atoms with Gasteiger partial charge in [0, 0.05) is 12.3 Å². The van der Waals surface area contributed by atoms with Crippen LogP contribution in [-0.4, -0.2) is 11.8 Å². The topological polar surface area (TPSA) is 43.4 Å². The van der Waals surface area contributed by atoms with Crippen molar-refractivity contribution in [2.75, 3.05) is 0 Å². The lowest BCUT2D eigenvalue weighted by Crippen LogP contribution is -2.07. The van der Waals surface area contributed by atoms with Crippen LogP contribution in [-0.2, 0) is 20.9 Å². The van der Waals surface area contributed by atoms with Gasteiger partial charge in [0.2, 0.25) is 0 Å². The van der Waals surface area contributed by atoms with Gasteiger partial charge in [-0.3, -0.25) is 9.59 Å². The minimum absolute atomic E-state index is 0.0641. The van der Waals surface area contributed by atoms with Crippen LogP contribution >= 0.6 is 0 Å². The summed E-state index contributed by atoms with van der Waals surface area (Å²) in [4.78, 5) is 22.9. The van der Waals surface area contributed by atoms with Crippen molar-refractivity contribution < 1.29 is 14.3 Å². The number of carbonyl (C=O) groups excluding carboxylic acids is 2. The van der Waals surface area contributed by atoms with Crippen LogP contribution in [0.4, 0.5) is 0 Å². The number of carbonyl (C=O) groups is 2. The number of benzene rings is 1. The Bertz CT molecular complexity index is 438. The summed E-state index contributed by atoms with van der Waals surface area (Å²) in [6, 6.07) is 9.60. The normalized spacial score (nSPS) is 25.6. The average molecular weight is 246 g/mol. The van der Waals surface area contributed by atoms with E-state index in [2.05, 4.69) is 0 Å². The maximum Gasteiger partial charge on any atom is 0.306 e. The van der Waals surface area contributed by atoms with E-state index in [1.54, 1.807) is 6.92 Å². The third kappa shape index (κ3) is 2.97. The molecule has 0 saturated heterocycles. The largest absolute Gasteiger partial charge is 0.461 e. The van der Waals surface area contributed by atoms with E-state index in [0.29, 0.717) is 18.9 Å². The molecule has 0 bridgehead atoms. The van der Waals surface area contributed by atoms with Crippen LogP contribution in [0.5, 0.6) is 0 Å². The van der Waals surface area contributed by atoms with Crippen molar-refractivity contribution in [3.8, 4) is 0 Å². The van der Waals surface area contributed by atoms with E-state index in [1.165, 1.54) is 0 Å². The number of rotatable bonds is 5. The first-order chi connectivity index (χ1) is 8.59. The number of esters is 1. The van der Waals surface area contributed by atoms with Gasteiger partial charge < -0.3 is 4.74 Å². The lowest BCUT2D eigenvalue weighted by molar-refractivity contribution is -0.145. The first-order valence-electron chi connectivity index (χ1n) is 6.29. The van der Waals surface area contributed by atoms with Gasteiger partial charge in [0.1, 0.15) is 12.4 Å². The van der Waals surface area contributed by atoms with E-state index in [4.69, 9.17) is 4.74 Å². The highest BCUT2D eigenvalue weighted by molar-refractivity contribution is 5.83. The Labute approximate surface area is 107 Å². The minimum Gasteiger partial charge on any atom is -0.461 e. The van der Waals surface area contributed by atoms with Gasteiger partial charge in [0.05, 0.1) is 0 Å². The molecule has 0 aromatic heterocycles. The molecule has 18 heavy (non-hydrogen) atoms. The highest BCUT2D eigenvalue weighted by atomic mass is 16.5. The van der Waals surface area contributed by atoms with E-state index in [0.717, 1.165) is 5.56 Å². The Morgan fingerprint density at radius 2 is 1.89 bits per heavy atom. The Balaban J connectivity index is 1.75. The van der Waals surface area contributed by atoms with Crippen LogP contribution in [0, 0.1) is 17.8 Å². The van der Waals surface area contributed by atoms with Crippen molar-refractivity contribution in [3.63, 3.8) is 0 Å². The molecule has 3 nitrogen and oxygen atoms in total. The van der Waals surface area contributed by atoms with E-state index in [1.807, 2.05) is 37.3 Å². The van der Waals surface area contributed by atoms with Gasteiger partial charge in [-0.1, -0.05) is 37.3 Å². The first kappa shape index (κ1) is 12.8. The summed E-state index contributed by atoms with van der Waals surface area (Å²) < 4.78 is 5.21. The SMILES string of the molecule is CC(=O)[C@H]1[C@H](C)[C@@H]1CC(=O)OCc1ccccc1. The second kappa shape index (κ2) is 5.34. The van der Waals surface area contributed by atoms with Crippen molar-refractivity contribution in [2.45, 2.75) is 26.9 Å². The molecule has 3 atom stereocenters. The third-order valence-electron chi connectivity index (χ3n) is 3.68. The van der Waals surface area contributed by atoms with Gasteiger partial charge in [-0.2, -0.15) is 0 Å².